The molecular weight excluding hydrogens is 1040 g/mol. The van der Waals surface area contributed by atoms with E-state index in [4.69, 9.17) is 14.2 Å². The third-order valence-electron chi connectivity index (χ3n) is 14.5. The molecule has 0 radical (unpaired) electrons. The predicted octanol–water partition coefficient (Wildman–Crippen LogP) is 16.4. The van der Waals surface area contributed by atoms with Crippen LogP contribution in [0.5, 0.6) is 0 Å². The van der Waals surface area contributed by atoms with Gasteiger partial charge in [-0.25, -0.2) is 0 Å². The fourth-order valence-electron chi connectivity index (χ4n) is 9.37. The number of ether oxygens (including phenoxy) is 3. The molecule has 0 spiro atoms. The minimum absolute atomic E-state index is 0.0103. The van der Waals surface area contributed by atoms with Crippen LogP contribution in [0.3, 0.4) is 0 Å². The van der Waals surface area contributed by atoms with Gasteiger partial charge in [0.2, 0.25) is 5.91 Å². The van der Waals surface area contributed by atoms with Crippen LogP contribution in [0.4, 0.5) is 0 Å². The minimum atomic E-state index is -1.66. The lowest BCUT2D eigenvalue weighted by molar-refractivity contribution is -0.305. The van der Waals surface area contributed by atoms with Crippen molar-refractivity contribution in [1.82, 2.24) is 5.32 Å². The average Bonchev–Trinajstić information content (AvgIpc) is 3.58. The van der Waals surface area contributed by atoms with Crippen LogP contribution in [-0.4, -0.2) is 99.6 Å². The van der Waals surface area contributed by atoms with Crippen molar-refractivity contribution in [2.24, 2.45) is 0 Å². The van der Waals surface area contributed by atoms with Crippen molar-refractivity contribution in [2.75, 3.05) is 13.2 Å². The lowest BCUT2D eigenvalue weighted by atomic mass is 9.99. The molecule has 1 heterocycles. The van der Waals surface area contributed by atoms with Crippen LogP contribution < -0.4 is 5.32 Å². The Hall–Kier alpha value is -4.20. The normalized spacial score (nSPS) is 19.4. The van der Waals surface area contributed by atoms with E-state index in [2.05, 4.69) is 135 Å². The van der Waals surface area contributed by atoms with Crippen LogP contribution in [0, 0.1) is 0 Å². The Kier molecular flexibility index (Phi) is 53.9. The number of carbonyl (C=O) groups excluding carboxylic acids is 2. The highest BCUT2D eigenvalue weighted by atomic mass is 16.7. The summed E-state index contributed by atoms with van der Waals surface area (Å²) < 4.78 is 17.6. The van der Waals surface area contributed by atoms with Crippen molar-refractivity contribution in [3.8, 4) is 0 Å². The Morgan fingerprint density at radius 2 is 0.867 bits per heavy atom. The molecule has 6 N–H and O–H groups in total. The fraction of sp³-hybridized carbons (Fsp3) is 0.667. The second-order valence-corrected chi connectivity index (χ2v) is 22.1. The number of aliphatic hydroxyl groups excluding tert-OH is 5. The molecule has 1 amide bonds. The smallest absolute Gasteiger partial charge is 0.306 e. The second-order valence-electron chi connectivity index (χ2n) is 22.1. The second kappa shape index (κ2) is 58.2. The van der Waals surface area contributed by atoms with Gasteiger partial charge in [0.15, 0.2) is 12.4 Å². The quantitative estimate of drug-likeness (QED) is 0.0195. The number of esters is 1. The Balaban J connectivity index is 2.72. The summed E-state index contributed by atoms with van der Waals surface area (Å²) in [5.74, 6) is -1.30. The minimum Gasteiger partial charge on any atom is -0.454 e. The highest BCUT2D eigenvalue weighted by Gasteiger charge is 2.47. The Labute approximate surface area is 505 Å². The van der Waals surface area contributed by atoms with Crippen molar-refractivity contribution in [2.45, 2.75) is 294 Å². The maximum atomic E-state index is 13.5. The molecule has 1 aliphatic rings. The molecule has 1 fully saturated rings. The van der Waals surface area contributed by atoms with Gasteiger partial charge in [-0.15, -0.1) is 0 Å². The highest BCUT2D eigenvalue weighted by Crippen LogP contribution is 2.26. The molecule has 1 rings (SSSR count). The Morgan fingerprint density at radius 3 is 1.33 bits per heavy atom. The topological polar surface area (TPSA) is 175 Å². The molecule has 11 nitrogen and oxygen atoms in total. The summed E-state index contributed by atoms with van der Waals surface area (Å²) in [5.41, 5.74) is 0. The number of unbranched alkanes of at least 4 members (excludes halogenated alkanes) is 20. The van der Waals surface area contributed by atoms with Crippen molar-refractivity contribution < 1.29 is 49.3 Å². The van der Waals surface area contributed by atoms with Gasteiger partial charge in [0.05, 0.1) is 25.4 Å². The Morgan fingerprint density at radius 1 is 0.482 bits per heavy atom. The van der Waals surface area contributed by atoms with Crippen LogP contribution in [0.1, 0.15) is 245 Å². The highest BCUT2D eigenvalue weighted by molar-refractivity contribution is 5.80. The van der Waals surface area contributed by atoms with Crippen molar-refractivity contribution in [3.63, 3.8) is 0 Å². The fourth-order valence-corrected chi connectivity index (χ4v) is 9.37. The zero-order valence-electron chi connectivity index (χ0n) is 52.3. The summed E-state index contributed by atoms with van der Waals surface area (Å²) >= 11 is 0. The molecule has 0 aromatic rings. The standard InChI is InChI=1S/C72H119NO10/c1-4-7-10-13-16-19-22-25-27-29-31-32-33-35-36-38-41-44-47-50-53-56-59-65(76)71(80)73-63(64(75)58-55-52-49-46-43-40-24-21-18-15-12-9-6-3)62-81-72-70(69(79)68(78)66(61-74)82-72)83-67(77)60-57-54-51-48-45-42-39-37-34-30-28-26-23-20-17-14-11-8-5-2/h8,11,16-17,19-20,25-28,31-32,34-37,42,45,51,54-55,58,63-66,68-70,72,74-76,78-79H,4-7,9-10,12-15,18,21-24,29-30,33,38-41,43-44,46-50,52-53,56-57,59-62H2,1-3H3,(H,73,80)/b11-8-,19-16-,20-17-,27-25-,28-26-,32-31-,36-35-,37-34-,45-42-,54-51-,58-55+. The molecule has 1 saturated heterocycles. The molecule has 8 atom stereocenters. The summed E-state index contributed by atoms with van der Waals surface area (Å²) in [7, 11) is 0. The third-order valence-corrected chi connectivity index (χ3v) is 14.5. The molecule has 472 valence electrons. The van der Waals surface area contributed by atoms with E-state index in [1.807, 2.05) is 18.2 Å². The number of hydrogen-bond donors (Lipinski definition) is 6. The largest absolute Gasteiger partial charge is 0.454 e. The zero-order valence-corrected chi connectivity index (χ0v) is 52.3. The molecule has 0 bridgehead atoms. The first-order chi connectivity index (χ1) is 40.7. The summed E-state index contributed by atoms with van der Waals surface area (Å²) in [6.45, 7) is 5.60. The van der Waals surface area contributed by atoms with Gasteiger partial charge in [-0.1, -0.05) is 264 Å². The monoisotopic (exact) mass is 1160 g/mol. The number of hydrogen-bond acceptors (Lipinski definition) is 10. The lowest BCUT2D eigenvalue weighted by Crippen LogP contribution is -2.61. The van der Waals surface area contributed by atoms with E-state index in [9.17, 15) is 35.1 Å². The third kappa shape index (κ3) is 45.8. The molecule has 0 saturated carbocycles. The predicted molar refractivity (Wildman–Crippen MR) is 347 cm³/mol. The van der Waals surface area contributed by atoms with Gasteiger partial charge in [0.1, 0.15) is 24.4 Å². The summed E-state index contributed by atoms with van der Waals surface area (Å²) in [4.78, 5) is 26.6. The first-order valence-electron chi connectivity index (χ1n) is 33.0. The van der Waals surface area contributed by atoms with Gasteiger partial charge in [0.25, 0.3) is 0 Å². The van der Waals surface area contributed by atoms with E-state index in [1.54, 1.807) is 6.08 Å². The van der Waals surface area contributed by atoms with Crippen molar-refractivity contribution in [1.29, 1.82) is 0 Å². The van der Waals surface area contributed by atoms with Gasteiger partial charge >= 0.3 is 5.97 Å². The van der Waals surface area contributed by atoms with Gasteiger partial charge in [-0.05, 0) is 109 Å². The van der Waals surface area contributed by atoms with Crippen LogP contribution >= 0.6 is 0 Å². The summed E-state index contributed by atoms with van der Waals surface area (Å²) in [6, 6.07) is -1.06. The van der Waals surface area contributed by atoms with E-state index < -0.39 is 67.4 Å². The van der Waals surface area contributed by atoms with E-state index in [0.29, 0.717) is 19.3 Å². The number of aliphatic hydroxyl groups is 5. The van der Waals surface area contributed by atoms with E-state index in [0.717, 1.165) is 116 Å². The van der Waals surface area contributed by atoms with Crippen molar-refractivity contribution >= 4 is 11.9 Å². The molecule has 0 aromatic carbocycles. The molecule has 0 aliphatic carbocycles. The van der Waals surface area contributed by atoms with Crippen LogP contribution in [-0.2, 0) is 23.8 Å². The number of rotatable bonds is 54. The first-order valence-corrected chi connectivity index (χ1v) is 33.0. The van der Waals surface area contributed by atoms with Gasteiger partial charge < -0.3 is 45.1 Å². The van der Waals surface area contributed by atoms with E-state index >= 15 is 0 Å². The SMILES string of the molecule is CC/C=C\C/C=C\C/C=C\C/C=C\C/C=C\C/C=C\CCC(=O)OC1C(OCC(NC(=O)C(O)CCCCCCCC/C=C\C/C=C\C/C=C\C/C=C\CCCCC)C(O)/C=C/CCCCCCCCCCCCC)OC(CO)C(O)C1O. The maximum absolute atomic E-state index is 13.5. The van der Waals surface area contributed by atoms with Gasteiger partial charge in [-0.3, -0.25) is 9.59 Å². The lowest BCUT2D eigenvalue weighted by Gasteiger charge is -2.41. The average molecular weight is 1160 g/mol. The molecule has 8 unspecified atom stereocenters. The van der Waals surface area contributed by atoms with Gasteiger partial charge in [-0.2, -0.15) is 0 Å². The van der Waals surface area contributed by atoms with Crippen molar-refractivity contribution in [3.05, 3.63) is 134 Å². The number of carbonyl (C=O) groups is 2. The molecular formula is C72H119NO10. The summed E-state index contributed by atoms with van der Waals surface area (Å²) in [5, 5.41) is 57.1. The maximum Gasteiger partial charge on any atom is 0.306 e. The number of amides is 1. The summed E-state index contributed by atoms with van der Waals surface area (Å²) in [6.07, 6.45) is 72.0. The zero-order chi connectivity index (χ0) is 60.3. The molecule has 1 aliphatic heterocycles. The first kappa shape index (κ1) is 76.8. The molecule has 0 aromatic heterocycles. The van der Waals surface area contributed by atoms with Crippen LogP contribution in [0.25, 0.3) is 0 Å². The van der Waals surface area contributed by atoms with Gasteiger partial charge in [0, 0.05) is 6.42 Å². The number of allylic oxidation sites excluding steroid dienone is 21. The van der Waals surface area contributed by atoms with Crippen LogP contribution in [0.15, 0.2) is 134 Å². The van der Waals surface area contributed by atoms with Crippen LogP contribution in [0.2, 0.25) is 0 Å². The molecule has 83 heavy (non-hydrogen) atoms. The van der Waals surface area contributed by atoms with E-state index in [1.165, 1.54) is 77.0 Å². The Bertz CT molecular complexity index is 1860. The number of nitrogens with one attached hydrogen (secondary N) is 1. The molecule has 11 heteroatoms. The van der Waals surface area contributed by atoms with E-state index in [-0.39, 0.29) is 19.4 Å².